The van der Waals surface area contributed by atoms with Crippen molar-refractivity contribution in [1.82, 2.24) is 5.32 Å². The van der Waals surface area contributed by atoms with Gasteiger partial charge in [0.2, 0.25) is 5.91 Å². The molecule has 0 aromatic carbocycles. The summed E-state index contributed by atoms with van der Waals surface area (Å²) in [4.78, 5) is 35.1. The van der Waals surface area contributed by atoms with Gasteiger partial charge in [-0.3, -0.25) is 9.59 Å². The second-order valence-electron chi connectivity index (χ2n) is 6.00. The van der Waals surface area contributed by atoms with Crippen molar-refractivity contribution in [3.05, 3.63) is 0 Å². The Morgan fingerprint density at radius 2 is 2.00 bits per heavy atom. The molecule has 0 aliphatic carbocycles. The first kappa shape index (κ1) is 19.7. The molecule has 4 N–H and O–H groups in total. The molecule has 0 spiro atoms. The Labute approximate surface area is 138 Å². The predicted octanol–water partition coefficient (Wildman–Crippen LogP) is 0.0693. The van der Waals surface area contributed by atoms with Crippen molar-refractivity contribution >= 4 is 28.9 Å². The van der Waals surface area contributed by atoms with E-state index in [4.69, 9.17) is 9.84 Å². The third kappa shape index (κ3) is 3.61. The Morgan fingerprint density at radius 1 is 1.43 bits per heavy atom. The molecule has 0 aromatic rings. The number of hydrogen-bond acceptors (Lipinski definition) is 7. The number of thioether (sulfide) groups is 1. The number of nitrogens with one attached hydrogen (secondary N) is 1. The summed E-state index contributed by atoms with van der Waals surface area (Å²) in [5, 5.41) is 31.4. The second kappa shape index (κ2) is 7.50. The summed E-state index contributed by atoms with van der Waals surface area (Å²) in [6.45, 7) is 4.83. The first-order chi connectivity index (χ1) is 10.6. The van der Waals surface area contributed by atoms with Crippen LogP contribution in [0.15, 0.2) is 0 Å². The van der Waals surface area contributed by atoms with Gasteiger partial charge in [-0.05, 0) is 17.7 Å². The molecule has 23 heavy (non-hydrogen) atoms. The molecule has 0 bridgehead atoms. The number of methoxy groups -OCH3 is 1. The van der Waals surface area contributed by atoms with Gasteiger partial charge in [-0.1, -0.05) is 20.8 Å². The monoisotopic (exact) mass is 349 g/mol. The summed E-state index contributed by atoms with van der Waals surface area (Å²) in [7, 11) is 1.13. The Kier molecular flexibility index (Phi) is 6.43. The van der Waals surface area contributed by atoms with Gasteiger partial charge in [-0.2, -0.15) is 0 Å². The molecule has 1 fully saturated rings. The maximum absolute atomic E-state index is 12.2. The van der Waals surface area contributed by atoms with Crippen molar-refractivity contribution in [3.63, 3.8) is 0 Å². The van der Waals surface area contributed by atoms with E-state index in [-0.39, 0.29) is 5.75 Å². The normalized spacial score (nSPS) is 30.0. The SMILES string of the molecule is COC(=O)C(CSC(=O)O)C1(C(O)C(C)C)NC(=O)C(C)C1O. The first-order valence-electron chi connectivity index (χ1n) is 7.21. The van der Waals surface area contributed by atoms with Gasteiger partial charge in [0, 0.05) is 5.75 Å². The lowest BCUT2D eigenvalue weighted by Gasteiger charge is -2.43. The molecule has 1 amide bonds. The second-order valence-corrected chi connectivity index (χ2v) is 6.97. The fraction of sp³-hybridized carbons (Fsp3) is 0.786. The van der Waals surface area contributed by atoms with Crippen molar-refractivity contribution in [2.45, 2.75) is 38.5 Å². The average Bonchev–Trinajstić information content (AvgIpc) is 2.71. The van der Waals surface area contributed by atoms with Crippen LogP contribution in [-0.2, 0) is 14.3 Å². The molecule has 5 unspecified atom stereocenters. The van der Waals surface area contributed by atoms with Crippen LogP contribution in [0.4, 0.5) is 4.79 Å². The van der Waals surface area contributed by atoms with E-state index in [1.807, 2.05) is 0 Å². The van der Waals surface area contributed by atoms with E-state index >= 15 is 0 Å². The molecular formula is C14H23NO7S. The van der Waals surface area contributed by atoms with Gasteiger partial charge in [-0.25, -0.2) is 4.79 Å². The number of aliphatic hydroxyl groups is 2. The number of esters is 1. The van der Waals surface area contributed by atoms with Crippen LogP contribution in [-0.4, -0.2) is 63.1 Å². The van der Waals surface area contributed by atoms with Crippen LogP contribution in [0.25, 0.3) is 0 Å². The van der Waals surface area contributed by atoms with Crippen molar-refractivity contribution in [2.24, 2.45) is 17.8 Å². The highest BCUT2D eigenvalue weighted by atomic mass is 32.2. The van der Waals surface area contributed by atoms with Crippen molar-refractivity contribution < 1.29 is 34.4 Å². The van der Waals surface area contributed by atoms with Crippen LogP contribution in [0.2, 0.25) is 0 Å². The topological polar surface area (TPSA) is 133 Å². The van der Waals surface area contributed by atoms with Crippen molar-refractivity contribution in [3.8, 4) is 0 Å². The molecule has 0 saturated carbocycles. The summed E-state index contributed by atoms with van der Waals surface area (Å²) >= 11 is 0.444. The fourth-order valence-electron chi connectivity index (χ4n) is 2.96. The number of carbonyl (C=O) groups excluding carboxylic acids is 2. The minimum Gasteiger partial charge on any atom is -0.473 e. The number of amides is 1. The lowest BCUT2D eigenvalue weighted by atomic mass is 9.72. The van der Waals surface area contributed by atoms with Crippen LogP contribution in [0.1, 0.15) is 20.8 Å². The zero-order valence-corrected chi connectivity index (χ0v) is 14.3. The molecule has 1 saturated heterocycles. The molecule has 5 atom stereocenters. The summed E-state index contributed by atoms with van der Waals surface area (Å²) in [5.41, 5.74) is -1.69. The fourth-order valence-corrected chi connectivity index (χ4v) is 3.68. The number of carboxylic acid groups (broad SMARTS) is 1. The Balaban J connectivity index is 3.37. The van der Waals surface area contributed by atoms with Crippen LogP contribution in [0.3, 0.4) is 0 Å². The van der Waals surface area contributed by atoms with E-state index in [0.29, 0.717) is 11.8 Å². The molecule has 1 aliphatic heterocycles. The number of ether oxygens (including phenoxy) is 1. The lowest BCUT2D eigenvalue weighted by Crippen LogP contribution is -2.66. The van der Waals surface area contributed by atoms with E-state index in [1.165, 1.54) is 6.92 Å². The van der Waals surface area contributed by atoms with Gasteiger partial charge in [0.1, 0.15) is 5.54 Å². The predicted molar refractivity (Wildman–Crippen MR) is 82.9 cm³/mol. The zero-order chi connectivity index (χ0) is 17.9. The summed E-state index contributed by atoms with van der Waals surface area (Å²) in [6.07, 6.45) is -2.62. The van der Waals surface area contributed by atoms with Gasteiger partial charge in [-0.15, -0.1) is 0 Å². The van der Waals surface area contributed by atoms with Gasteiger partial charge in [0.05, 0.1) is 31.2 Å². The van der Waals surface area contributed by atoms with Gasteiger partial charge >= 0.3 is 11.3 Å². The minimum atomic E-state index is -1.69. The Hall–Kier alpha value is -1.32. The largest absolute Gasteiger partial charge is 0.473 e. The zero-order valence-electron chi connectivity index (χ0n) is 13.5. The van der Waals surface area contributed by atoms with E-state index in [1.54, 1.807) is 13.8 Å². The molecule has 1 aliphatic rings. The van der Waals surface area contributed by atoms with Gasteiger partial charge in [0.25, 0.3) is 0 Å². The number of hydrogen-bond donors (Lipinski definition) is 4. The summed E-state index contributed by atoms with van der Waals surface area (Å²) in [6, 6.07) is 0. The van der Waals surface area contributed by atoms with Crippen LogP contribution in [0.5, 0.6) is 0 Å². The molecule has 9 heteroatoms. The van der Waals surface area contributed by atoms with Crippen molar-refractivity contribution in [1.29, 1.82) is 0 Å². The standard InChI is InChI=1S/C14H23NO7S/c1-6(2)9(16)14(10(17)7(3)11(18)15-14)8(12(19)22-4)5-23-13(20)21/h6-10,16-17H,5H2,1-4H3,(H,15,18)(H,20,21). The van der Waals surface area contributed by atoms with Crippen LogP contribution >= 0.6 is 11.8 Å². The van der Waals surface area contributed by atoms with E-state index in [0.717, 1.165) is 7.11 Å². The molecule has 0 aromatic heterocycles. The molecule has 1 rings (SSSR count). The molecular weight excluding hydrogens is 326 g/mol. The molecule has 0 radical (unpaired) electrons. The molecule has 132 valence electrons. The van der Waals surface area contributed by atoms with E-state index in [9.17, 15) is 24.6 Å². The summed E-state index contributed by atoms with van der Waals surface area (Å²) < 4.78 is 4.71. The van der Waals surface area contributed by atoms with E-state index in [2.05, 4.69) is 5.32 Å². The highest BCUT2D eigenvalue weighted by Gasteiger charge is 2.62. The van der Waals surface area contributed by atoms with Crippen molar-refractivity contribution in [2.75, 3.05) is 12.9 Å². The smallest absolute Gasteiger partial charge is 0.364 e. The first-order valence-corrected chi connectivity index (χ1v) is 8.19. The Morgan fingerprint density at radius 3 is 2.35 bits per heavy atom. The minimum absolute atomic E-state index is 0.254. The maximum Gasteiger partial charge on any atom is 0.364 e. The average molecular weight is 349 g/mol. The molecule has 8 nitrogen and oxygen atoms in total. The number of carbonyl (C=O) groups is 3. The lowest BCUT2D eigenvalue weighted by molar-refractivity contribution is -0.155. The quantitative estimate of drug-likeness (QED) is 0.495. The number of rotatable bonds is 6. The third-order valence-corrected chi connectivity index (χ3v) is 5.02. The van der Waals surface area contributed by atoms with Gasteiger partial charge in [0.15, 0.2) is 0 Å². The van der Waals surface area contributed by atoms with E-state index < -0.39 is 52.7 Å². The Bertz CT molecular complexity index is 484. The third-order valence-electron chi connectivity index (χ3n) is 4.27. The highest BCUT2D eigenvalue weighted by molar-refractivity contribution is 8.13. The maximum atomic E-state index is 12.2. The summed E-state index contributed by atoms with van der Waals surface area (Å²) in [5.74, 6) is -4.01. The molecule has 1 heterocycles. The number of aliphatic hydroxyl groups excluding tert-OH is 2. The van der Waals surface area contributed by atoms with Crippen LogP contribution in [0, 0.1) is 17.8 Å². The van der Waals surface area contributed by atoms with Gasteiger partial charge < -0.3 is 25.4 Å². The van der Waals surface area contributed by atoms with Crippen LogP contribution < -0.4 is 5.32 Å². The highest BCUT2D eigenvalue weighted by Crippen LogP contribution is 2.40.